The standard InChI is InChI=1S/C17H26O/c1-2-3-8-13-17(18)14-9-7-12-16(17)15-10-5-4-6-11-15/h4-6,10-11,16,18H,2-3,7-9,12-14H2,1H3. The highest BCUT2D eigenvalue weighted by molar-refractivity contribution is 5.23. The van der Waals surface area contributed by atoms with Gasteiger partial charge in [0.2, 0.25) is 0 Å². The van der Waals surface area contributed by atoms with Gasteiger partial charge in [-0.15, -0.1) is 0 Å². The molecule has 1 N–H and O–H groups in total. The molecule has 0 bridgehead atoms. The van der Waals surface area contributed by atoms with Crippen molar-refractivity contribution >= 4 is 0 Å². The van der Waals surface area contributed by atoms with Crippen molar-refractivity contribution in [3.8, 4) is 0 Å². The van der Waals surface area contributed by atoms with Crippen molar-refractivity contribution < 1.29 is 5.11 Å². The lowest BCUT2D eigenvalue weighted by molar-refractivity contribution is -0.0263. The van der Waals surface area contributed by atoms with E-state index in [1.54, 1.807) is 0 Å². The molecular formula is C17H26O. The zero-order valence-corrected chi connectivity index (χ0v) is 11.6. The molecule has 1 aromatic rings. The molecular weight excluding hydrogens is 220 g/mol. The maximum atomic E-state index is 11.0. The van der Waals surface area contributed by atoms with Gasteiger partial charge in [0.25, 0.3) is 0 Å². The molecule has 1 nitrogen and oxygen atoms in total. The molecule has 1 aliphatic carbocycles. The number of rotatable bonds is 5. The predicted molar refractivity (Wildman–Crippen MR) is 76.7 cm³/mol. The zero-order valence-electron chi connectivity index (χ0n) is 11.6. The molecule has 1 aliphatic rings. The number of benzene rings is 1. The van der Waals surface area contributed by atoms with Crippen LogP contribution in [0, 0.1) is 0 Å². The Balaban J connectivity index is 2.10. The van der Waals surface area contributed by atoms with E-state index in [1.165, 1.54) is 31.2 Å². The Kier molecular flexibility index (Phi) is 4.82. The normalized spacial score (nSPS) is 28.2. The van der Waals surface area contributed by atoms with Crippen LogP contribution < -0.4 is 0 Å². The highest BCUT2D eigenvalue weighted by Crippen LogP contribution is 2.43. The lowest BCUT2D eigenvalue weighted by atomic mass is 9.70. The molecule has 0 aromatic heterocycles. The van der Waals surface area contributed by atoms with Gasteiger partial charge in [-0.3, -0.25) is 0 Å². The molecule has 100 valence electrons. The molecule has 18 heavy (non-hydrogen) atoms. The fourth-order valence-electron chi connectivity index (χ4n) is 3.37. The van der Waals surface area contributed by atoms with Gasteiger partial charge in [0.15, 0.2) is 0 Å². The van der Waals surface area contributed by atoms with Gasteiger partial charge < -0.3 is 5.11 Å². The van der Waals surface area contributed by atoms with E-state index in [1.807, 2.05) is 0 Å². The van der Waals surface area contributed by atoms with E-state index in [2.05, 4.69) is 37.3 Å². The van der Waals surface area contributed by atoms with Crippen LogP contribution in [0.3, 0.4) is 0 Å². The monoisotopic (exact) mass is 246 g/mol. The second-order valence-corrected chi connectivity index (χ2v) is 5.77. The third-order valence-electron chi connectivity index (χ3n) is 4.42. The van der Waals surface area contributed by atoms with E-state index in [0.717, 1.165) is 25.7 Å². The Morgan fingerprint density at radius 1 is 1.17 bits per heavy atom. The average Bonchev–Trinajstić information content (AvgIpc) is 2.40. The van der Waals surface area contributed by atoms with Crippen LogP contribution in [-0.4, -0.2) is 10.7 Å². The van der Waals surface area contributed by atoms with Crippen LogP contribution in [0.15, 0.2) is 30.3 Å². The van der Waals surface area contributed by atoms with E-state index >= 15 is 0 Å². The van der Waals surface area contributed by atoms with Crippen molar-refractivity contribution in [1.82, 2.24) is 0 Å². The van der Waals surface area contributed by atoms with Crippen molar-refractivity contribution in [2.75, 3.05) is 0 Å². The largest absolute Gasteiger partial charge is 0.389 e. The Morgan fingerprint density at radius 2 is 1.94 bits per heavy atom. The molecule has 1 fully saturated rings. The lowest BCUT2D eigenvalue weighted by Crippen LogP contribution is -2.39. The number of unbranched alkanes of at least 4 members (excludes halogenated alkanes) is 2. The van der Waals surface area contributed by atoms with Gasteiger partial charge in [-0.2, -0.15) is 0 Å². The molecule has 1 saturated carbocycles. The number of hydrogen-bond donors (Lipinski definition) is 1. The molecule has 1 aromatic carbocycles. The van der Waals surface area contributed by atoms with Crippen molar-refractivity contribution in [2.24, 2.45) is 0 Å². The lowest BCUT2D eigenvalue weighted by Gasteiger charge is -2.40. The Hall–Kier alpha value is -0.820. The van der Waals surface area contributed by atoms with Crippen LogP contribution >= 0.6 is 0 Å². The summed E-state index contributed by atoms with van der Waals surface area (Å²) in [7, 11) is 0. The van der Waals surface area contributed by atoms with Crippen molar-refractivity contribution in [1.29, 1.82) is 0 Å². The van der Waals surface area contributed by atoms with Gasteiger partial charge in [0.05, 0.1) is 5.60 Å². The first kappa shape index (κ1) is 13.6. The van der Waals surface area contributed by atoms with Gasteiger partial charge in [0.1, 0.15) is 0 Å². The minimum absolute atomic E-state index is 0.351. The van der Waals surface area contributed by atoms with Crippen molar-refractivity contribution in [3.63, 3.8) is 0 Å². The topological polar surface area (TPSA) is 20.2 Å². The summed E-state index contributed by atoms with van der Waals surface area (Å²) in [6, 6.07) is 10.6. The molecule has 1 heteroatoms. The molecule has 0 heterocycles. The summed E-state index contributed by atoms with van der Waals surface area (Å²) < 4.78 is 0. The predicted octanol–water partition coefficient (Wildman–Crippen LogP) is 4.66. The van der Waals surface area contributed by atoms with E-state index in [0.29, 0.717) is 5.92 Å². The Morgan fingerprint density at radius 3 is 2.67 bits per heavy atom. The first-order valence-electron chi connectivity index (χ1n) is 7.53. The van der Waals surface area contributed by atoms with Gasteiger partial charge in [-0.1, -0.05) is 69.4 Å². The number of hydrogen-bond acceptors (Lipinski definition) is 1. The first-order chi connectivity index (χ1) is 8.76. The minimum Gasteiger partial charge on any atom is -0.389 e. The first-order valence-corrected chi connectivity index (χ1v) is 7.53. The third kappa shape index (κ3) is 3.14. The van der Waals surface area contributed by atoms with E-state index < -0.39 is 5.60 Å². The molecule has 0 radical (unpaired) electrons. The Labute approximate surface area is 111 Å². The van der Waals surface area contributed by atoms with E-state index in [4.69, 9.17) is 0 Å². The molecule has 2 rings (SSSR count). The van der Waals surface area contributed by atoms with Crippen molar-refractivity contribution in [2.45, 2.75) is 69.8 Å². The van der Waals surface area contributed by atoms with Crippen LogP contribution in [0.25, 0.3) is 0 Å². The maximum absolute atomic E-state index is 11.0. The average molecular weight is 246 g/mol. The summed E-state index contributed by atoms with van der Waals surface area (Å²) in [4.78, 5) is 0. The van der Waals surface area contributed by atoms with Crippen molar-refractivity contribution in [3.05, 3.63) is 35.9 Å². The van der Waals surface area contributed by atoms with Gasteiger partial charge in [-0.05, 0) is 24.8 Å². The summed E-state index contributed by atoms with van der Waals surface area (Å²) in [5, 5.41) is 11.0. The Bertz CT molecular complexity index is 346. The van der Waals surface area contributed by atoms with Crippen LogP contribution in [0.2, 0.25) is 0 Å². The third-order valence-corrected chi connectivity index (χ3v) is 4.42. The van der Waals surface area contributed by atoms with Gasteiger partial charge in [0, 0.05) is 5.92 Å². The van der Waals surface area contributed by atoms with E-state index in [9.17, 15) is 5.11 Å². The quantitative estimate of drug-likeness (QED) is 0.749. The molecule has 2 atom stereocenters. The van der Waals surface area contributed by atoms with E-state index in [-0.39, 0.29) is 0 Å². The summed E-state index contributed by atoms with van der Waals surface area (Å²) in [5.41, 5.74) is 0.880. The smallest absolute Gasteiger partial charge is 0.0716 e. The second kappa shape index (κ2) is 6.38. The molecule has 0 amide bonds. The summed E-state index contributed by atoms with van der Waals surface area (Å²) in [6.45, 7) is 2.22. The zero-order chi connectivity index (χ0) is 12.8. The van der Waals surface area contributed by atoms with Crippen LogP contribution in [0.4, 0.5) is 0 Å². The highest BCUT2D eigenvalue weighted by atomic mass is 16.3. The highest BCUT2D eigenvalue weighted by Gasteiger charge is 2.38. The van der Waals surface area contributed by atoms with Crippen LogP contribution in [0.5, 0.6) is 0 Å². The van der Waals surface area contributed by atoms with Gasteiger partial charge in [-0.25, -0.2) is 0 Å². The maximum Gasteiger partial charge on any atom is 0.0716 e. The fraction of sp³-hybridized carbons (Fsp3) is 0.647. The molecule has 0 saturated heterocycles. The molecule has 0 spiro atoms. The summed E-state index contributed by atoms with van der Waals surface area (Å²) in [5.74, 6) is 0.351. The SMILES string of the molecule is CCCCCC1(O)CCCCC1c1ccccc1. The van der Waals surface area contributed by atoms with Crippen LogP contribution in [-0.2, 0) is 0 Å². The fourth-order valence-corrected chi connectivity index (χ4v) is 3.37. The molecule has 0 aliphatic heterocycles. The number of aliphatic hydroxyl groups is 1. The summed E-state index contributed by atoms with van der Waals surface area (Å²) in [6.07, 6.45) is 9.18. The molecule has 2 unspecified atom stereocenters. The minimum atomic E-state index is -0.450. The van der Waals surface area contributed by atoms with Gasteiger partial charge >= 0.3 is 0 Å². The second-order valence-electron chi connectivity index (χ2n) is 5.77. The summed E-state index contributed by atoms with van der Waals surface area (Å²) >= 11 is 0. The van der Waals surface area contributed by atoms with Crippen LogP contribution in [0.1, 0.15) is 69.8 Å².